The minimum Gasteiger partial charge on any atom is -0.504 e. The summed E-state index contributed by atoms with van der Waals surface area (Å²) in [6.07, 6.45) is 3.72. The number of phenolic OH excluding ortho intramolecular Hbond substituents is 2. The van der Waals surface area contributed by atoms with Crippen molar-refractivity contribution < 1.29 is 19.8 Å². The number of aromatic hydroxyl groups is 2. The van der Waals surface area contributed by atoms with Crippen molar-refractivity contribution in [3.63, 3.8) is 0 Å². The van der Waals surface area contributed by atoms with Crippen LogP contribution >= 0.6 is 0 Å². The third kappa shape index (κ3) is 2.54. The molecule has 0 bridgehead atoms. The standard InChI is InChI=1S/C19H24O4/c1-11-3-7-16(21)18(23)12(11)4-5-13-14-6-8-17(22)19(14,2)10-9-15(13)20/h3,7,13-14,21,23H,4-6,8-10H2,1-2H3/t13?,14?,19-/m0/s1. The highest BCUT2D eigenvalue weighted by molar-refractivity contribution is 5.92. The van der Waals surface area contributed by atoms with Gasteiger partial charge in [0.25, 0.3) is 0 Å². The van der Waals surface area contributed by atoms with Crippen molar-refractivity contribution in [3.8, 4) is 11.5 Å². The highest BCUT2D eigenvalue weighted by atomic mass is 16.3. The zero-order valence-corrected chi connectivity index (χ0v) is 13.8. The number of hydrogen-bond donors (Lipinski definition) is 2. The molecular weight excluding hydrogens is 292 g/mol. The smallest absolute Gasteiger partial charge is 0.160 e. The van der Waals surface area contributed by atoms with Crippen LogP contribution in [0.25, 0.3) is 0 Å². The van der Waals surface area contributed by atoms with Gasteiger partial charge in [-0.15, -0.1) is 0 Å². The molecule has 0 saturated heterocycles. The average molecular weight is 316 g/mol. The van der Waals surface area contributed by atoms with E-state index in [0.29, 0.717) is 43.5 Å². The van der Waals surface area contributed by atoms with E-state index in [4.69, 9.17) is 0 Å². The number of hydrogen-bond acceptors (Lipinski definition) is 4. The maximum absolute atomic E-state index is 12.4. The quantitative estimate of drug-likeness (QED) is 0.839. The van der Waals surface area contributed by atoms with Crippen molar-refractivity contribution in [1.82, 2.24) is 0 Å². The Morgan fingerprint density at radius 3 is 2.70 bits per heavy atom. The lowest BCUT2D eigenvalue weighted by atomic mass is 9.62. The molecule has 2 fully saturated rings. The topological polar surface area (TPSA) is 74.6 Å². The normalized spacial score (nSPS) is 30.5. The molecule has 2 N–H and O–H groups in total. The van der Waals surface area contributed by atoms with E-state index >= 15 is 0 Å². The Hall–Kier alpha value is -1.84. The monoisotopic (exact) mass is 316 g/mol. The van der Waals surface area contributed by atoms with Crippen molar-refractivity contribution in [1.29, 1.82) is 0 Å². The predicted octanol–water partition coefficient (Wildman–Crippen LogP) is 3.30. The maximum atomic E-state index is 12.4. The molecule has 23 heavy (non-hydrogen) atoms. The van der Waals surface area contributed by atoms with Gasteiger partial charge in [0.2, 0.25) is 0 Å². The SMILES string of the molecule is Cc1ccc(O)c(O)c1CCC1C(=O)CC[C@]2(C)C(=O)CCC12. The molecule has 124 valence electrons. The summed E-state index contributed by atoms with van der Waals surface area (Å²) in [5.41, 5.74) is 1.28. The van der Waals surface area contributed by atoms with E-state index in [1.54, 1.807) is 6.07 Å². The van der Waals surface area contributed by atoms with Gasteiger partial charge in [-0.2, -0.15) is 0 Å². The number of ketones is 2. The first-order chi connectivity index (χ1) is 10.8. The van der Waals surface area contributed by atoms with Crippen LogP contribution in [-0.2, 0) is 16.0 Å². The van der Waals surface area contributed by atoms with E-state index in [2.05, 4.69) is 0 Å². The molecular formula is C19H24O4. The lowest BCUT2D eigenvalue weighted by molar-refractivity contribution is -0.136. The lowest BCUT2D eigenvalue weighted by Gasteiger charge is -2.39. The third-order valence-electron chi connectivity index (χ3n) is 6.13. The van der Waals surface area contributed by atoms with E-state index in [0.717, 1.165) is 12.0 Å². The Morgan fingerprint density at radius 2 is 1.96 bits per heavy atom. The van der Waals surface area contributed by atoms with Crippen molar-refractivity contribution in [2.24, 2.45) is 17.3 Å². The molecule has 0 radical (unpaired) electrons. The number of phenols is 2. The molecule has 2 aliphatic rings. The first kappa shape index (κ1) is 16.0. The van der Waals surface area contributed by atoms with Gasteiger partial charge in [-0.1, -0.05) is 13.0 Å². The molecule has 0 aromatic heterocycles. The summed E-state index contributed by atoms with van der Waals surface area (Å²) in [6, 6.07) is 3.25. The van der Waals surface area contributed by atoms with Gasteiger partial charge in [0.1, 0.15) is 11.6 Å². The zero-order valence-electron chi connectivity index (χ0n) is 13.8. The van der Waals surface area contributed by atoms with Gasteiger partial charge in [-0.05, 0) is 50.2 Å². The second-order valence-corrected chi connectivity index (χ2v) is 7.33. The number of Topliss-reactive ketones (excluding diaryl/α,β-unsaturated/α-hetero) is 2. The molecule has 4 nitrogen and oxygen atoms in total. The molecule has 0 aliphatic heterocycles. The minimum atomic E-state index is -0.339. The largest absolute Gasteiger partial charge is 0.504 e. The molecule has 2 aliphatic carbocycles. The van der Waals surface area contributed by atoms with Crippen molar-refractivity contribution in [3.05, 3.63) is 23.3 Å². The van der Waals surface area contributed by atoms with Crippen molar-refractivity contribution in [2.45, 2.75) is 52.4 Å². The van der Waals surface area contributed by atoms with E-state index in [9.17, 15) is 19.8 Å². The van der Waals surface area contributed by atoms with E-state index < -0.39 is 0 Å². The highest BCUT2D eigenvalue weighted by Crippen LogP contribution is 2.52. The first-order valence-electron chi connectivity index (χ1n) is 8.41. The summed E-state index contributed by atoms with van der Waals surface area (Å²) in [5, 5.41) is 19.7. The maximum Gasteiger partial charge on any atom is 0.160 e. The molecule has 0 heterocycles. The molecule has 0 spiro atoms. The summed E-state index contributed by atoms with van der Waals surface area (Å²) in [5.74, 6) is 0.369. The number of aryl methyl sites for hydroxylation is 1. The molecule has 3 rings (SSSR count). The summed E-state index contributed by atoms with van der Waals surface area (Å²) in [7, 11) is 0. The van der Waals surface area contributed by atoms with Crippen LogP contribution in [0.3, 0.4) is 0 Å². The van der Waals surface area contributed by atoms with E-state index in [1.165, 1.54) is 6.07 Å². The number of carbonyl (C=O) groups is 2. The fourth-order valence-electron chi connectivity index (χ4n) is 4.56. The predicted molar refractivity (Wildman–Crippen MR) is 86.4 cm³/mol. The van der Waals surface area contributed by atoms with Gasteiger partial charge in [0, 0.05) is 29.7 Å². The van der Waals surface area contributed by atoms with Crippen LogP contribution in [-0.4, -0.2) is 21.8 Å². The number of fused-ring (bicyclic) bond motifs is 1. The summed E-state index contributed by atoms with van der Waals surface area (Å²) in [4.78, 5) is 24.6. The van der Waals surface area contributed by atoms with Crippen LogP contribution in [0.5, 0.6) is 11.5 Å². The second kappa shape index (κ2) is 5.66. The summed E-state index contributed by atoms with van der Waals surface area (Å²) >= 11 is 0. The number of rotatable bonds is 3. The fourth-order valence-corrected chi connectivity index (χ4v) is 4.56. The van der Waals surface area contributed by atoms with Crippen LogP contribution in [0.2, 0.25) is 0 Å². The van der Waals surface area contributed by atoms with E-state index in [-0.39, 0.29) is 34.5 Å². The molecule has 2 unspecified atom stereocenters. The van der Waals surface area contributed by atoms with Crippen LogP contribution in [0.4, 0.5) is 0 Å². The van der Waals surface area contributed by atoms with E-state index in [1.807, 2.05) is 13.8 Å². The molecule has 1 aromatic rings. The summed E-state index contributed by atoms with van der Waals surface area (Å²) < 4.78 is 0. The van der Waals surface area contributed by atoms with Crippen LogP contribution in [0.1, 0.15) is 50.2 Å². The number of benzene rings is 1. The van der Waals surface area contributed by atoms with Crippen LogP contribution < -0.4 is 0 Å². The van der Waals surface area contributed by atoms with Crippen molar-refractivity contribution >= 4 is 11.6 Å². The Kier molecular flexibility index (Phi) is 3.95. The van der Waals surface area contributed by atoms with Gasteiger partial charge in [-0.3, -0.25) is 9.59 Å². The first-order valence-corrected chi connectivity index (χ1v) is 8.41. The minimum absolute atomic E-state index is 0.0847. The Labute approximate surface area is 136 Å². The molecule has 1 aromatic carbocycles. The lowest BCUT2D eigenvalue weighted by Crippen LogP contribution is -2.42. The third-order valence-corrected chi connectivity index (χ3v) is 6.13. The van der Waals surface area contributed by atoms with Gasteiger partial charge >= 0.3 is 0 Å². The fraction of sp³-hybridized carbons (Fsp3) is 0.579. The second-order valence-electron chi connectivity index (χ2n) is 7.33. The molecule has 4 heteroatoms. The Morgan fingerprint density at radius 1 is 1.22 bits per heavy atom. The van der Waals surface area contributed by atoms with Gasteiger partial charge in [-0.25, -0.2) is 0 Å². The number of carbonyl (C=O) groups excluding carboxylic acids is 2. The van der Waals surface area contributed by atoms with Crippen LogP contribution in [0, 0.1) is 24.2 Å². The zero-order chi connectivity index (χ0) is 16.8. The average Bonchev–Trinajstić information content (AvgIpc) is 2.82. The van der Waals surface area contributed by atoms with Gasteiger partial charge in [0.15, 0.2) is 11.5 Å². The molecule has 3 atom stereocenters. The summed E-state index contributed by atoms with van der Waals surface area (Å²) in [6.45, 7) is 3.91. The van der Waals surface area contributed by atoms with Gasteiger partial charge in [0.05, 0.1) is 0 Å². The van der Waals surface area contributed by atoms with Crippen molar-refractivity contribution in [2.75, 3.05) is 0 Å². The Bertz CT molecular complexity index is 664. The van der Waals surface area contributed by atoms with Crippen LogP contribution in [0.15, 0.2) is 12.1 Å². The molecule has 0 amide bonds. The highest BCUT2D eigenvalue weighted by Gasteiger charge is 2.53. The van der Waals surface area contributed by atoms with Gasteiger partial charge < -0.3 is 10.2 Å². The Balaban J connectivity index is 1.81. The molecule has 2 saturated carbocycles.